The van der Waals surface area contributed by atoms with Crippen molar-refractivity contribution in [3.63, 3.8) is 0 Å². The molecule has 3 heterocycles. The number of aliphatic hydroxyl groups excluding tert-OH is 11. The highest BCUT2D eigenvalue weighted by Crippen LogP contribution is 2.33. The molecule has 0 radical (unpaired) electrons. The Hall–Kier alpha value is -3.55. The van der Waals surface area contributed by atoms with Crippen molar-refractivity contribution in [1.29, 1.82) is 0 Å². The van der Waals surface area contributed by atoms with Crippen LogP contribution >= 0.6 is 0 Å². The minimum absolute atomic E-state index is 0.218. The Morgan fingerprint density at radius 2 is 0.821 bits per heavy atom. The van der Waals surface area contributed by atoms with E-state index in [-0.39, 0.29) is 18.9 Å². The second-order valence-electron chi connectivity index (χ2n) is 21.8. The summed E-state index contributed by atoms with van der Waals surface area (Å²) in [7, 11) is 0. The standard InChI is InChI=1S/C65H107NO18/c1-3-5-7-9-11-13-14-15-16-17-18-19-20-21-22-23-24-25-26-27-28-29-30-31-32-33-34-35-37-39-41-43-53(71)66-48(49(70)42-40-38-36-12-10-8-6-4-2)47-79-63-59(77)56(74)61(51(45-68)81-63)84-65-60(78)57(75)62(52(46-69)82-65)83-64-58(76)55(73)54(72)50(44-67)80-64/h5,7,11,13,15-16,18-19,21-22,24-25,27-28,30-31,33-34,48-52,54-65,67-70,72-78H,3-4,6,8-10,12,14,17,20,23,26,29,32,35-47H2,1-2H3,(H,66,71)/b7-5-,13-11-,16-15-,19-18-,22-21-,25-24-,28-27-,31-30-,34-33-. The molecule has 1 amide bonds. The first-order valence-electron chi connectivity index (χ1n) is 31.1. The van der Waals surface area contributed by atoms with Crippen molar-refractivity contribution in [2.45, 2.75) is 266 Å². The van der Waals surface area contributed by atoms with E-state index >= 15 is 0 Å². The highest BCUT2D eigenvalue weighted by molar-refractivity contribution is 5.76. The monoisotopic (exact) mass is 1190 g/mol. The van der Waals surface area contributed by atoms with E-state index in [4.69, 9.17) is 28.4 Å². The maximum Gasteiger partial charge on any atom is 0.220 e. The number of aliphatic hydroxyl groups is 11. The van der Waals surface area contributed by atoms with Crippen molar-refractivity contribution in [3.8, 4) is 0 Å². The first kappa shape index (κ1) is 74.7. The van der Waals surface area contributed by atoms with Crippen LogP contribution in [0.15, 0.2) is 109 Å². The average Bonchev–Trinajstić information content (AvgIpc) is 2.91. The van der Waals surface area contributed by atoms with Gasteiger partial charge in [0.25, 0.3) is 0 Å². The van der Waals surface area contributed by atoms with Crippen LogP contribution < -0.4 is 5.32 Å². The summed E-state index contributed by atoms with van der Waals surface area (Å²) in [5.41, 5.74) is 0. The second-order valence-corrected chi connectivity index (χ2v) is 21.8. The molecular formula is C65H107NO18. The number of hydrogen-bond acceptors (Lipinski definition) is 18. The number of carbonyl (C=O) groups is 1. The Balaban J connectivity index is 1.40. The smallest absolute Gasteiger partial charge is 0.220 e. The molecule has 3 fully saturated rings. The molecule has 84 heavy (non-hydrogen) atoms. The van der Waals surface area contributed by atoms with E-state index in [0.29, 0.717) is 19.3 Å². The highest BCUT2D eigenvalue weighted by atomic mass is 16.8. The summed E-state index contributed by atoms with van der Waals surface area (Å²) in [5, 5.41) is 120. The van der Waals surface area contributed by atoms with Gasteiger partial charge in [-0.3, -0.25) is 4.79 Å². The maximum absolute atomic E-state index is 13.3. The number of carbonyl (C=O) groups excluding carboxylic acids is 1. The zero-order chi connectivity index (χ0) is 61.2. The Bertz CT molecular complexity index is 1950. The van der Waals surface area contributed by atoms with Gasteiger partial charge in [0.15, 0.2) is 18.9 Å². The molecule has 0 aliphatic carbocycles. The van der Waals surface area contributed by atoms with Crippen LogP contribution in [0, 0.1) is 0 Å². The van der Waals surface area contributed by atoms with E-state index in [1.54, 1.807) is 0 Å². The van der Waals surface area contributed by atoms with Gasteiger partial charge in [0.2, 0.25) is 5.91 Å². The third-order valence-corrected chi connectivity index (χ3v) is 14.9. The number of hydrogen-bond donors (Lipinski definition) is 12. The van der Waals surface area contributed by atoms with Gasteiger partial charge in [-0.2, -0.15) is 0 Å². The number of rotatable bonds is 44. The highest BCUT2D eigenvalue weighted by Gasteiger charge is 2.53. The number of ether oxygens (including phenoxy) is 6. The third-order valence-electron chi connectivity index (χ3n) is 14.9. The normalized spacial score (nSPS) is 29.9. The summed E-state index contributed by atoms with van der Waals surface area (Å²) in [6.07, 6.45) is 33.5. The molecule has 17 unspecified atom stereocenters. The first-order valence-corrected chi connectivity index (χ1v) is 31.1. The van der Waals surface area contributed by atoms with Gasteiger partial charge in [0.05, 0.1) is 38.6 Å². The van der Waals surface area contributed by atoms with Gasteiger partial charge in [-0.25, -0.2) is 0 Å². The maximum atomic E-state index is 13.3. The van der Waals surface area contributed by atoms with Crippen LogP contribution in [0.5, 0.6) is 0 Å². The van der Waals surface area contributed by atoms with Crippen LogP contribution in [0.4, 0.5) is 0 Å². The van der Waals surface area contributed by atoms with Crippen molar-refractivity contribution in [1.82, 2.24) is 5.32 Å². The molecule has 19 nitrogen and oxygen atoms in total. The molecule has 0 bridgehead atoms. The Kier molecular flexibility index (Phi) is 41.4. The summed E-state index contributed by atoms with van der Waals surface area (Å²) in [6, 6.07) is -0.911. The lowest BCUT2D eigenvalue weighted by atomic mass is 9.96. The SMILES string of the molecule is CC/C=C\C/C=C\C/C=C\C/C=C\C/C=C\C/C=C\C/C=C\C/C=C\C/C=C\CCCCCC(=O)NC(COC1OC(CO)C(OC2OC(CO)C(OC3OC(CO)C(O)C(O)C3O)C(O)C2O)C(O)C1O)C(O)CCCCCCCCCC. The third kappa shape index (κ3) is 29.4. The topological polar surface area (TPSA) is 307 Å². The van der Waals surface area contributed by atoms with Crippen LogP contribution in [0.1, 0.15) is 162 Å². The number of amides is 1. The minimum atomic E-state index is -1.98. The van der Waals surface area contributed by atoms with Gasteiger partial charge >= 0.3 is 0 Å². The van der Waals surface area contributed by atoms with Crippen molar-refractivity contribution in [2.75, 3.05) is 26.4 Å². The van der Waals surface area contributed by atoms with Crippen LogP contribution in [-0.2, 0) is 33.2 Å². The number of unbranched alkanes of at least 4 members (excludes halogenated alkanes) is 10. The zero-order valence-electron chi connectivity index (χ0n) is 50.1. The van der Waals surface area contributed by atoms with E-state index in [0.717, 1.165) is 109 Å². The fourth-order valence-electron chi connectivity index (χ4n) is 9.77. The molecule has 3 aliphatic heterocycles. The van der Waals surface area contributed by atoms with E-state index in [1.807, 2.05) is 0 Å². The van der Waals surface area contributed by atoms with Gasteiger partial charge in [-0.05, 0) is 83.5 Å². The van der Waals surface area contributed by atoms with Gasteiger partial charge in [0, 0.05) is 6.42 Å². The lowest BCUT2D eigenvalue weighted by molar-refractivity contribution is -0.379. The average molecular weight is 1190 g/mol. The fraction of sp³-hybridized carbons (Fsp3) is 0.708. The van der Waals surface area contributed by atoms with E-state index in [1.165, 1.54) is 12.8 Å². The number of nitrogens with one attached hydrogen (secondary N) is 1. The molecule has 0 aromatic rings. The molecule has 19 heteroatoms. The van der Waals surface area contributed by atoms with Crippen LogP contribution in [0.2, 0.25) is 0 Å². The van der Waals surface area contributed by atoms with Crippen LogP contribution in [0.25, 0.3) is 0 Å². The molecule has 0 aromatic carbocycles. The summed E-state index contributed by atoms with van der Waals surface area (Å²) >= 11 is 0. The molecule has 480 valence electrons. The summed E-state index contributed by atoms with van der Waals surface area (Å²) in [4.78, 5) is 13.3. The lowest BCUT2D eigenvalue weighted by Gasteiger charge is -2.48. The van der Waals surface area contributed by atoms with E-state index in [2.05, 4.69) is 129 Å². The largest absolute Gasteiger partial charge is 0.394 e. The Morgan fingerprint density at radius 1 is 0.440 bits per heavy atom. The van der Waals surface area contributed by atoms with Crippen molar-refractivity contribution in [3.05, 3.63) is 109 Å². The summed E-state index contributed by atoms with van der Waals surface area (Å²) in [6.45, 7) is 1.57. The predicted octanol–water partition coefficient (Wildman–Crippen LogP) is 6.31. The fourth-order valence-corrected chi connectivity index (χ4v) is 9.77. The van der Waals surface area contributed by atoms with Crippen molar-refractivity contribution >= 4 is 5.91 Å². The molecule has 3 rings (SSSR count). The van der Waals surface area contributed by atoms with Crippen molar-refractivity contribution < 1.29 is 89.4 Å². The van der Waals surface area contributed by atoms with E-state index < -0.39 is 124 Å². The number of allylic oxidation sites excluding steroid dienone is 18. The lowest BCUT2D eigenvalue weighted by Crippen LogP contribution is -2.66. The van der Waals surface area contributed by atoms with Gasteiger partial charge in [-0.1, -0.05) is 181 Å². The second kappa shape index (κ2) is 46.6. The molecule has 0 saturated carbocycles. The van der Waals surface area contributed by atoms with Crippen LogP contribution in [-0.4, -0.2) is 193 Å². The molecule has 3 saturated heterocycles. The summed E-state index contributed by atoms with van der Waals surface area (Å²) in [5.74, 6) is -0.284. The predicted molar refractivity (Wildman–Crippen MR) is 323 cm³/mol. The van der Waals surface area contributed by atoms with Gasteiger partial charge in [-0.15, -0.1) is 0 Å². The minimum Gasteiger partial charge on any atom is -0.394 e. The van der Waals surface area contributed by atoms with E-state index in [9.17, 15) is 61.0 Å². The van der Waals surface area contributed by atoms with Gasteiger partial charge in [0.1, 0.15) is 73.2 Å². The molecular weight excluding hydrogens is 1080 g/mol. The quantitative estimate of drug-likeness (QED) is 0.0235. The Morgan fingerprint density at radius 3 is 1.27 bits per heavy atom. The first-order chi connectivity index (χ1) is 40.8. The zero-order valence-corrected chi connectivity index (χ0v) is 50.1. The summed E-state index contributed by atoms with van der Waals surface area (Å²) < 4.78 is 34.2. The van der Waals surface area contributed by atoms with Gasteiger partial charge < -0.3 is 89.9 Å². The molecule has 12 N–H and O–H groups in total. The van der Waals surface area contributed by atoms with Crippen molar-refractivity contribution in [2.24, 2.45) is 0 Å². The molecule has 17 atom stereocenters. The Labute approximate surface area is 500 Å². The molecule has 0 aromatic heterocycles. The molecule has 3 aliphatic rings. The molecule has 0 spiro atoms. The van der Waals surface area contributed by atoms with Crippen LogP contribution in [0.3, 0.4) is 0 Å².